The molecule has 4 heteroatoms. The van der Waals surface area contributed by atoms with Gasteiger partial charge in [0.1, 0.15) is 11.6 Å². The molecule has 1 aliphatic carbocycles. The quantitative estimate of drug-likeness (QED) is 0.759. The zero-order chi connectivity index (χ0) is 17.1. The number of methoxy groups -OCH3 is 2. The second-order valence-electron chi connectivity index (χ2n) is 6.12. The topological polar surface area (TPSA) is 35.5 Å². The third-order valence-corrected chi connectivity index (χ3v) is 4.70. The van der Waals surface area contributed by atoms with Crippen LogP contribution in [0.15, 0.2) is 36.4 Å². The van der Waals surface area contributed by atoms with Crippen molar-refractivity contribution in [3.8, 4) is 16.9 Å². The van der Waals surface area contributed by atoms with Crippen molar-refractivity contribution in [1.82, 2.24) is 0 Å². The van der Waals surface area contributed by atoms with E-state index in [-0.39, 0.29) is 24.1 Å². The highest BCUT2D eigenvalue weighted by atomic mass is 19.1. The first-order chi connectivity index (χ1) is 11.6. The molecule has 2 aromatic rings. The Morgan fingerprint density at radius 2 is 1.96 bits per heavy atom. The van der Waals surface area contributed by atoms with E-state index in [0.717, 1.165) is 41.5 Å². The standard InChI is InChI=1S/C20H21FO3/c1-23-18-10-9-13(12-19(22)24-2)11-16(18)15-7-4-8-17(21)20(15)14-5-3-6-14/h4,7-11,14H,3,5-6,12H2,1-2H3. The van der Waals surface area contributed by atoms with Gasteiger partial charge in [-0.25, -0.2) is 4.39 Å². The lowest BCUT2D eigenvalue weighted by molar-refractivity contribution is -0.139. The van der Waals surface area contributed by atoms with Crippen LogP contribution in [0.1, 0.15) is 36.3 Å². The summed E-state index contributed by atoms with van der Waals surface area (Å²) in [7, 11) is 2.97. The monoisotopic (exact) mass is 328 g/mol. The van der Waals surface area contributed by atoms with E-state index in [9.17, 15) is 9.18 Å². The summed E-state index contributed by atoms with van der Waals surface area (Å²) in [4.78, 5) is 11.6. The van der Waals surface area contributed by atoms with E-state index in [1.807, 2.05) is 24.3 Å². The Labute approximate surface area is 141 Å². The predicted molar refractivity (Wildman–Crippen MR) is 90.7 cm³/mol. The Hall–Kier alpha value is -2.36. The van der Waals surface area contributed by atoms with E-state index >= 15 is 0 Å². The molecule has 0 saturated heterocycles. The SMILES string of the molecule is COC(=O)Cc1ccc(OC)c(-c2cccc(F)c2C2CCC2)c1. The molecule has 0 aromatic heterocycles. The van der Waals surface area contributed by atoms with Crippen molar-refractivity contribution < 1.29 is 18.7 Å². The zero-order valence-corrected chi connectivity index (χ0v) is 14.0. The molecule has 1 aliphatic rings. The Morgan fingerprint density at radius 1 is 1.17 bits per heavy atom. The number of ether oxygens (including phenoxy) is 2. The van der Waals surface area contributed by atoms with Gasteiger partial charge in [0.05, 0.1) is 20.6 Å². The highest BCUT2D eigenvalue weighted by molar-refractivity contribution is 5.78. The van der Waals surface area contributed by atoms with Gasteiger partial charge in [-0.05, 0) is 53.6 Å². The minimum absolute atomic E-state index is 0.169. The lowest BCUT2D eigenvalue weighted by Gasteiger charge is -2.29. The normalized spacial score (nSPS) is 14.1. The number of esters is 1. The molecule has 0 atom stereocenters. The summed E-state index contributed by atoms with van der Waals surface area (Å²) < 4.78 is 24.7. The molecule has 0 unspecified atom stereocenters. The number of hydrogen-bond donors (Lipinski definition) is 0. The molecule has 24 heavy (non-hydrogen) atoms. The first kappa shape index (κ1) is 16.5. The number of rotatable bonds is 5. The molecule has 0 radical (unpaired) electrons. The van der Waals surface area contributed by atoms with Gasteiger partial charge in [-0.2, -0.15) is 0 Å². The van der Waals surface area contributed by atoms with Gasteiger partial charge in [0.2, 0.25) is 0 Å². The summed E-state index contributed by atoms with van der Waals surface area (Å²) in [6.07, 6.45) is 3.34. The molecular formula is C20H21FO3. The molecule has 3 rings (SSSR count). The average Bonchev–Trinajstić information content (AvgIpc) is 2.55. The summed E-state index contributed by atoms with van der Waals surface area (Å²) in [5.41, 5.74) is 3.25. The largest absolute Gasteiger partial charge is 0.496 e. The van der Waals surface area contributed by atoms with Crippen LogP contribution in [0.4, 0.5) is 4.39 Å². The van der Waals surface area contributed by atoms with Gasteiger partial charge in [0, 0.05) is 5.56 Å². The molecular weight excluding hydrogens is 307 g/mol. The second kappa shape index (κ2) is 7.04. The fourth-order valence-electron chi connectivity index (χ4n) is 3.20. The number of halogens is 1. The van der Waals surface area contributed by atoms with Crippen LogP contribution in [0.25, 0.3) is 11.1 Å². The van der Waals surface area contributed by atoms with Gasteiger partial charge >= 0.3 is 5.97 Å². The Bertz CT molecular complexity index is 751. The third kappa shape index (κ3) is 3.14. The number of carbonyl (C=O) groups is 1. The molecule has 2 aromatic carbocycles. The van der Waals surface area contributed by atoms with Crippen LogP contribution in [0, 0.1) is 5.82 Å². The highest BCUT2D eigenvalue weighted by Crippen LogP contribution is 2.44. The summed E-state index contributed by atoms with van der Waals surface area (Å²) in [5.74, 6) is 0.465. The van der Waals surface area contributed by atoms with Gasteiger partial charge in [0.15, 0.2) is 0 Å². The molecule has 3 nitrogen and oxygen atoms in total. The molecule has 1 fully saturated rings. The number of benzene rings is 2. The van der Waals surface area contributed by atoms with E-state index < -0.39 is 0 Å². The van der Waals surface area contributed by atoms with Crippen molar-refractivity contribution in [2.24, 2.45) is 0 Å². The van der Waals surface area contributed by atoms with Crippen LogP contribution >= 0.6 is 0 Å². The van der Waals surface area contributed by atoms with Gasteiger partial charge in [-0.1, -0.05) is 24.6 Å². The summed E-state index contributed by atoms with van der Waals surface area (Å²) >= 11 is 0. The maximum atomic E-state index is 14.5. The molecule has 0 amide bonds. The number of hydrogen-bond acceptors (Lipinski definition) is 3. The van der Waals surface area contributed by atoms with Crippen molar-refractivity contribution in [3.05, 3.63) is 53.3 Å². The molecule has 126 valence electrons. The van der Waals surface area contributed by atoms with Crippen LogP contribution < -0.4 is 4.74 Å². The van der Waals surface area contributed by atoms with Crippen molar-refractivity contribution in [2.75, 3.05) is 14.2 Å². The number of carbonyl (C=O) groups excluding carboxylic acids is 1. The molecule has 0 aliphatic heterocycles. The zero-order valence-electron chi connectivity index (χ0n) is 14.0. The molecule has 0 N–H and O–H groups in total. The maximum absolute atomic E-state index is 14.5. The van der Waals surface area contributed by atoms with E-state index in [2.05, 4.69) is 0 Å². The predicted octanol–water partition coefficient (Wildman–Crippen LogP) is 4.48. The fraction of sp³-hybridized carbons (Fsp3) is 0.350. The van der Waals surface area contributed by atoms with E-state index in [4.69, 9.17) is 9.47 Å². The summed E-state index contributed by atoms with van der Waals surface area (Å²) in [5, 5.41) is 0. The van der Waals surface area contributed by atoms with E-state index in [1.54, 1.807) is 13.2 Å². The van der Waals surface area contributed by atoms with Crippen LogP contribution in [0.3, 0.4) is 0 Å². The Kier molecular flexibility index (Phi) is 4.84. The smallest absolute Gasteiger partial charge is 0.309 e. The summed E-state index contributed by atoms with van der Waals surface area (Å²) in [6.45, 7) is 0. The van der Waals surface area contributed by atoms with Crippen molar-refractivity contribution in [2.45, 2.75) is 31.6 Å². The molecule has 0 bridgehead atoms. The molecule has 0 spiro atoms. The molecule has 1 saturated carbocycles. The fourth-order valence-corrected chi connectivity index (χ4v) is 3.20. The summed E-state index contributed by atoms with van der Waals surface area (Å²) in [6, 6.07) is 10.7. The Morgan fingerprint density at radius 3 is 2.58 bits per heavy atom. The van der Waals surface area contributed by atoms with Crippen molar-refractivity contribution in [1.29, 1.82) is 0 Å². The van der Waals surface area contributed by atoms with Gasteiger partial charge < -0.3 is 9.47 Å². The lowest BCUT2D eigenvalue weighted by atomic mass is 9.76. The van der Waals surface area contributed by atoms with E-state index in [1.165, 1.54) is 13.2 Å². The highest BCUT2D eigenvalue weighted by Gasteiger charge is 2.26. The Balaban J connectivity index is 2.09. The third-order valence-electron chi connectivity index (χ3n) is 4.70. The van der Waals surface area contributed by atoms with Crippen LogP contribution in [0.2, 0.25) is 0 Å². The average molecular weight is 328 g/mol. The van der Waals surface area contributed by atoms with Gasteiger partial charge in [0.25, 0.3) is 0 Å². The van der Waals surface area contributed by atoms with Gasteiger partial charge in [-0.15, -0.1) is 0 Å². The minimum atomic E-state index is -0.301. The minimum Gasteiger partial charge on any atom is -0.496 e. The first-order valence-corrected chi connectivity index (χ1v) is 8.16. The lowest BCUT2D eigenvalue weighted by Crippen LogP contribution is -2.12. The molecule has 0 heterocycles. The van der Waals surface area contributed by atoms with Crippen molar-refractivity contribution in [3.63, 3.8) is 0 Å². The maximum Gasteiger partial charge on any atom is 0.309 e. The van der Waals surface area contributed by atoms with Gasteiger partial charge in [-0.3, -0.25) is 4.79 Å². The van der Waals surface area contributed by atoms with Crippen LogP contribution in [-0.2, 0) is 16.0 Å². The van der Waals surface area contributed by atoms with Crippen molar-refractivity contribution >= 4 is 5.97 Å². The second-order valence-corrected chi connectivity index (χ2v) is 6.12. The first-order valence-electron chi connectivity index (χ1n) is 8.16. The van der Waals surface area contributed by atoms with E-state index in [0.29, 0.717) is 5.75 Å². The van der Waals surface area contributed by atoms with Crippen LogP contribution in [0.5, 0.6) is 5.75 Å². The van der Waals surface area contributed by atoms with Crippen LogP contribution in [-0.4, -0.2) is 20.2 Å².